The second kappa shape index (κ2) is 6.48. The van der Waals surface area contributed by atoms with Crippen LogP contribution in [0.2, 0.25) is 0 Å². The summed E-state index contributed by atoms with van der Waals surface area (Å²) in [4.78, 5) is -0.500. The van der Waals surface area contributed by atoms with Gasteiger partial charge in [0.1, 0.15) is 10.6 Å². The molecule has 1 atom stereocenters. The van der Waals surface area contributed by atoms with Crippen molar-refractivity contribution in [3.8, 4) is 5.75 Å². The summed E-state index contributed by atoms with van der Waals surface area (Å²) < 4.78 is 70.2. The molecule has 0 spiro atoms. The van der Waals surface area contributed by atoms with Crippen LogP contribution in [0.1, 0.15) is 36.9 Å². The van der Waals surface area contributed by atoms with Gasteiger partial charge < -0.3 is 4.74 Å². The van der Waals surface area contributed by atoms with Gasteiger partial charge in [-0.1, -0.05) is 17.3 Å². The van der Waals surface area contributed by atoms with Crippen molar-refractivity contribution < 1.29 is 26.3 Å². The Hall–Kier alpha value is -2.14. The molecular weight excluding hydrogens is 385 g/mol. The lowest BCUT2D eigenvalue weighted by Crippen LogP contribution is -2.30. The number of hydrogen-bond donors (Lipinski definition) is 0. The molecule has 1 aliphatic carbocycles. The lowest BCUT2D eigenvalue weighted by atomic mass is 10.2. The predicted molar refractivity (Wildman–Crippen MR) is 87.5 cm³/mol. The minimum absolute atomic E-state index is 0.121. The van der Waals surface area contributed by atoms with E-state index < -0.39 is 27.0 Å². The van der Waals surface area contributed by atoms with Gasteiger partial charge in [-0.05, 0) is 31.4 Å². The van der Waals surface area contributed by atoms with Crippen molar-refractivity contribution in [1.29, 1.82) is 0 Å². The van der Waals surface area contributed by atoms with Crippen LogP contribution in [-0.2, 0) is 10.0 Å². The van der Waals surface area contributed by atoms with Gasteiger partial charge in [0.15, 0.2) is 0 Å². The van der Waals surface area contributed by atoms with E-state index in [1.807, 2.05) is 6.20 Å². The van der Waals surface area contributed by atoms with E-state index in [4.69, 9.17) is 0 Å². The largest absolute Gasteiger partial charge is 0.573 e. The predicted octanol–water partition coefficient (Wildman–Crippen LogP) is 2.69. The second-order valence-electron chi connectivity index (χ2n) is 6.70. The molecule has 2 aromatic rings. The number of nitrogens with zero attached hydrogens (tertiary/aromatic N) is 4. The van der Waals surface area contributed by atoms with Crippen LogP contribution in [0.15, 0.2) is 35.4 Å². The van der Waals surface area contributed by atoms with Crippen molar-refractivity contribution in [1.82, 2.24) is 19.3 Å². The summed E-state index contributed by atoms with van der Waals surface area (Å²) >= 11 is 0. The first-order valence-electron chi connectivity index (χ1n) is 8.51. The number of ether oxygens (including phenoxy) is 1. The fourth-order valence-electron chi connectivity index (χ4n) is 3.19. The van der Waals surface area contributed by atoms with Crippen LogP contribution in [-0.4, -0.2) is 47.2 Å². The first kappa shape index (κ1) is 18.2. The third-order valence-corrected chi connectivity index (χ3v) is 6.62. The third kappa shape index (κ3) is 3.79. The molecule has 7 nitrogen and oxygen atoms in total. The third-order valence-electron chi connectivity index (χ3n) is 4.72. The molecule has 0 amide bonds. The topological polar surface area (TPSA) is 77.3 Å². The summed E-state index contributed by atoms with van der Waals surface area (Å²) in [6.45, 7) is 0.308. The summed E-state index contributed by atoms with van der Waals surface area (Å²) in [5.74, 6) is -0.295. The van der Waals surface area contributed by atoms with Crippen molar-refractivity contribution >= 4 is 10.0 Å². The summed E-state index contributed by atoms with van der Waals surface area (Å²) in [6, 6.07) is 4.57. The van der Waals surface area contributed by atoms with Crippen LogP contribution in [0, 0.1) is 0 Å². The quantitative estimate of drug-likeness (QED) is 0.769. The Morgan fingerprint density at radius 2 is 1.89 bits per heavy atom. The number of rotatable bonds is 5. The molecular formula is C16H17F3N4O3S. The molecule has 1 unspecified atom stereocenters. The highest BCUT2D eigenvalue weighted by Gasteiger charge is 2.38. The van der Waals surface area contributed by atoms with Gasteiger partial charge in [-0.25, -0.2) is 13.1 Å². The van der Waals surface area contributed by atoms with E-state index in [0.29, 0.717) is 12.3 Å². The Morgan fingerprint density at radius 3 is 2.59 bits per heavy atom. The van der Waals surface area contributed by atoms with E-state index in [1.54, 1.807) is 4.68 Å². The van der Waals surface area contributed by atoms with Crippen molar-refractivity contribution in [2.45, 2.75) is 42.5 Å². The Balaban J connectivity index is 1.54. The Kier molecular flexibility index (Phi) is 4.38. The molecule has 4 rings (SSSR count). The Labute approximate surface area is 153 Å². The lowest BCUT2D eigenvalue weighted by molar-refractivity contribution is -0.275. The van der Waals surface area contributed by atoms with E-state index in [2.05, 4.69) is 15.0 Å². The number of sulfonamides is 1. The number of halogens is 3. The van der Waals surface area contributed by atoms with Crippen LogP contribution in [0.3, 0.4) is 0 Å². The van der Waals surface area contributed by atoms with E-state index in [9.17, 15) is 21.6 Å². The first-order chi connectivity index (χ1) is 12.7. The summed E-state index contributed by atoms with van der Waals surface area (Å²) in [6.07, 6.45) is -0.465. The molecule has 0 radical (unpaired) electrons. The van der Waals surface area contributed by atoms with Crippen molar-refractivity contribution in [3.63, 3.8) is 0 Å². The molecule has 11 heteroatoms. The average molecular weight is 402 g/mol. The molecule has 2 aliphatic rings. The molecule has 2 heterocycles. The number of benzene rings is 1. The van der Waals surface area contributed by atoms with E-state index in [-0.39, 0.29) is 19.1 Å². The highest BCUT2D eigenvalue weighted by molar-refractivity contribution is 7.89. The van der Waals surface area contributed by atoms with E-state index in [1.165, 1.54) is 12.1 Å². The normalized spacial score (nSPS) is 21.5. The monoisotopic (exact) mass is 402 g/mol. The van der Waals surface area contributed by atoms with Crippen LogP contribution in [0.4, 0.5) is 13.2 Å². The fourth-order valence-corrected chi connectivity index (χ4v) is 4.80. The zero-order chi connectivity index (χ0) is 19.2. The Bertz CT molecular complexity index is 940. The molecule has 1 aromatic carbocycles. The highest BCUT2D eigenvalue weighted by atomic mass is 32.2. The van der Waals surface area contributed by atoms with Gasteiger partial charge in [-0.3, -0.25) is 0 Å². The first-order valence-corrected chi connectivity index (χ1v) is 9.95. The number of alkyl halides is 3. The maximum Gasteiger partial charge on any atom is 0.573 e. The smallest absolute Gasteiger partial charge is 0.404 e. The van der Waals surface area contributed by atoms with Gasteiger partial charge in [-0.15, -0.1) is 18.3 Å². The molecule has 1 saturated heterocycles. The van der Waals surface area contributed by atoms with Gasteiger partial charge in [0, 0.05) is 25.2 Å². The SMILES string of the molecule is O=S(=O)(c1ccccc1OC(F)(F)F)N1CCC(n2cc(C3CC3)nn2)C1. The van der Waals surface area contributed by atoms with Crippen molar-refractivity contribution in [2.24, 2.45) is 0 Å². The zero-order valence-corrected chi connectivity index (χ0v) is 14.9. The molecule has 0 N–H and O–H groups in total. The maximum absolute atomic E-state index is 12.9. The molecule has 1 aromatic heterocycles. The van der Waals surface area contributed by atoms with Crippen molar-refractivity contribution in [2.75, 3.05) is 13.1 Å². The number of para-hydroxylation sites is 1. The minimum atomic E-state index is -4.97. The minimum Gasteiger partial charge on any atom is -0.404 e. The van der Waals surface area contributed by atoms with Crippen molar-refractivity contribution in [3.05, 3.63) is 36.2 Å². The maximum atomic E-state index is 12.9. The van der Waals surface area contributed by atoms with E-state index >= 15 is 0 Å². The van der Waals surface area contributed by atoms with Gasteiger partial charge >= 0.3 is 6.36 Å². The van der Waals surface area contributed by atoms with Gasteiger partial charge in [0.2, 0.25) is 10.0 Å². The molecule has 0 bridgehead atoms. The molecule has 2 fully saturated rings. The fraction of sp³-hybridized carbons (Fsp3) is 0.500. The lowest BCUT2D eigenvalue weighted by Gasteiger charge is -2.19. The van der Waals surface area contributed by atoms with Crippen LogP contribution < -0.4 is 4.74 Å². The second-order valence-corrected chi connectivity index (χ2v) is 8.60. The van der Waals surface area contributed by atoms with Crippen LogP contribution in [0.5, 0.6) is 5.75 Å². The van der Waals surface area contributed by atoms with Gasteiger partial charge in [0.25, 0.3) is 0 Å². The van der Waals surface area contributed by atoms with Gasteiger partial charge in [-0.2, -0.15) is 4.31 Å². The average Bonchev–Trinajstić information content (AvgIpc) is 3.11. The van der Waals surface area contributed by atoms with Crippen LogP contribution in [0.25, 0.3) is 0 Å². The standard InChI is InChI=1S/C16H17F3N4O3S/c17-16(18,19)26-14-3-1-2-4-15(14)27(24,25)22-8-7-12(9-22)23-10-13(20-21-23)11-5-6-11/h1-4,10-12H,5-9H2. The summed E-state index contributed by atoms with van der Waals surface area (Å²) in [5.41, 5.74) is 0.903. The molecule has 146 valence electrons. The molecule has 1 aliphatic heterocycles. The highest BCUT2D eigenvalue weighted by Crippen LogP contribution is 2.39. The summed E-state index contributed by atoms with van der Waals surface area (Å²) in [7, 11) is -4.13. The van der Waals surface area contributed by atoms with Crippen LogP contribution >= 0.6 is 0 Å². The zero-order valence-electron chi connectivity index (χ0n) is 14.1. The summed E-state index contributed by atoms with van der Waals surface area (Å²) in [5, 5.41) is 8.21. The number of hydrogen-bond acceptors (Lipinski definition) is 5. The Morgan fingerprint density at radius 1 is 1.15 bits per heavy atom. The molecule has 27 heavy (non-hydrogen) atoms. The van der Waals surface area contributed by atoms with Gasteiger partial charge in [0.05, 0.1) is 11.7 Å². The number of aromatic nitrogens is 3. The molecule has 1 saturated carbocycles. The van der Waals surface area contributed by atoms with E-state index in [0.717, 1.165) is 35.0 Å².